The second-order valence-corrected chi connectivity index (χ2v) is 3.97. The number of hydrogen-bond donors (Lipinski definition) is 1. The van der Waals surface area contributed by atoms with Crippen molar-refractivity contribution < 1.29 is 4.39 Å². The number of benzene rings is 1. The number of aromatic nitrogens is 2. The molecule has 1 aromatic carbocycles. The molecule has 0 bridgehead atoms. The Morgan fingerprint density at radius 2 is 2.19 bits per heavy atom. The third kappa shape index (κ3) is 2.08. The topological polar surface area (TPSA) is 43.8 Å². The Labute approximate surface area is 97.6 Å². The van der Waals surface area contributed by atoms with E-state index in [9.17, 15) is 4.39 Å². The van der Waals surface area contributed by atoms with Gasteiger partial charge in [0, 0.05) is 13.2 Å². The van der Waals surface area contributed by atoms with Crippen LogP contribution < -0.4 is 5.73 Å². The van der Waals surface area contributed by atoms with Gasteiger partial charge in [0.2, 0.25) is 0 Å². The van der Waals surface area contributed by atoms with Gasteiger partial charge >= 0.3 is 0 Å². The molecule has 0 aliphatic carbocycles. The van der Waals surface area contributed by atoms with E-state index in [0.29, 0.717) is 11.3 Å². The molecule has 84 valence electrons. The van der Waals surface area contributed by atoms with Crippen molar-refractivity contribution in [3.05, 3.63) is 52.6 Å². The van der Waals surface area contributed by atoms with Crippen LogP contribution in [0.3, 0.4) is 0 Å². The lowest BCUT2D eigenvalue weighted by molar-refractivity contribution is 0.622. The zero-order valence-corrected chi connectivity index (χ0v) is 9.45. The fourth-order valence-corrected chi connectivity index (χ4v) is 1.59. The lowest BCUT2D eigenvalue weighted by atomic mass is 10.1. The quantitative estimate of drug-likeness (QED) is 0.874. The summed E-state index contributed by atoms with van der Waals surface area (Å²) >= 11 is 5.60. The average molecular weight is 240 g/mol. The van der Waals surface area contributed by atoms with E-state index in [4.69, 9.17) is 17.3 Å². The molecule has 16 heavy (non-hydrogen) atoms. The molecule has 1 atom stereocenters. The molecule has 1 aromatic heterocycles. The zero-order valence-electron chi connectivity index (χ0n) is 8.69. The normalized spacial score (nSPS) is 12.8. The molecule has 0 unspecified atom stereocenters. The Kier molecular flexibility index (Phi) is 2.94. The highest BCUT2D eigenvalue weighted by Crippen LogP contribution is 2.22. The van der Waals surface area contributed by atoms with Gasteiger partial charge in [-0.1, -0.05) is 17.7 Å². The number of hydrogen-bond acceptors (Lipinski definition) is 2. The summed E-state index contributed by atoms with van der Waals surface area (Å²) in [5.74, 6) is -0.467. The molecule has 0 amide bonds. The second-order valence-electron chi connectivity index (χ2n) is 3.57. The van der Waals surface area contributed by atoms with Gasteiger partial charge < -0.3 is 5.73 Å². The minimum atomic E-state index is -0.467. The van der Waals surface area contributed by atoms with Crippen LogP contribution in [0.15, 0.2) is 30.5 Å². The second kappa shape index (κ2) is 4.23. The number of nitrogens with zero attached hydrogens (tertiary/aromatic N) is 2. The first-order valence-corrected chi connectivity index (χ1v) is 5.16. The number of rotatable bonds is 2. The molecule has 0 radical (unpaired) electrons. The predicted octanol–water partition coefficient (Wildman–Crippen LogP) is 2.26. The molecule has 5 heteroatoms. The monoisotopic (exact) mass is 239 g/mol. The standard InChI is InChI=1S/C11H11ClFN3/c1-16-5-4-10(15-16)11(14)7-2-3-8(12)9(13)6-7/h2-6,11H,14H2,1H3/t11-/m0/s1. The lowest BCUT2D eigenvalue weighted by Gasteiger charge is -2.09. The Hall–Kier alpha value is -1.39. The van der Waals surface area contributed by atoms with Gasteiger partial charge in [-0.25, -0.2) is 4.39 Å². The highest BCUT2D eigenvalue weighted by molar-refractivity contribution is 6.30. The van der Waals surface area contributed by atoms with Gasteiger partial charge in [0.25, 0.3) is 0 Å². The number of aryl methyl sites for hydroxylation is 1. The molecular weight excluding hydrogens is 229 g/mol. The Balaban J connectivity index is 2.33. The van der Waals surface area contributed by atoms with Crippen molar-refractivity contribution in [1.29, 1.82) is 0 Å². The summed E-state index contributed by atoms with van der Waals surface area (Å²) in [5.41, 5.74) is 7.31. The molecule has 2 N–H and O–H groups in total. The van der Waals surface area contributed by atoms with E-state index in [-0.39, 0.29) is 5.02 Å². The van der Waals surface area contributed by atoms with E-state index in [1.54, 1.807) is 30.1 Å². The van der Waals surface area contributed by atoms with Crippen molar-refractivity contribution in [2.75, 3.05) is 0 Å². The molecule has 1 heterocycles. The summed E-state index contributed by atoms with van der Waals surface area (Å²) in [5, 5.41) is 4.27. The molecule has 2 aromatic rings. The van der Waals surface area contributed by atoms with Crippen molar-refractivity contribution in [2.24, 2.45) is 12.8 Å². The molecular formula is C11H11ClFN3. The van der Waals surface area contributed by atoms with Crippen LogP contribution in [0.25, 0.3) is 0 Å². The Morgan fingerprint density at radius 1 is 1.44 bits per heavy atom. The lowest BCUT2D eigenvalue weighted by Crippen LogP contribution is -2.13. The maximum Gasteiger partial charge on any atom is 0.142 e. The highest BCUT2D eigenvalue weighted by atomic mass is 35.5. The van der Waals surface area contributed by atoms with E-state index >= 15 is 0 Å². The summed E-state index contributed by atoms with van der Waals surface area (Å²) in [7, 11) is 1.80. The molecule has 3 nitrogen and oxygen atoms in total. The van der Waals surface area contributed by atoms with Gasteiger partial charge in [-0.3, -0.25) is 4.68 Å². The van der Waals surface area contributed by atoms with E-state index in [0.717, 1.165) is 0 Å². The average Bonchev–Trinajstić information content (AvgIpc) is 2.68. The first-order valence-electron chi connectivity index (χ1n) is 4.78. The molecule has 0 fully saturated rings. The fourth-order valence-electron chi connectivity index (χ4n) is 1.48. The van der Waals surface area contributed by atoms with Crippen LogP contribution in [0.2, 0.25) is 5.02 Å². The first kappa shape index (κ1) is 11.1. The van der Waals surface area contributed by atoms with Gasteiger partial charge in [0.1, 0.15) is 5.82 Å². The van der Waals surface area contributed by atoms with Crippen molar-refractivity contribution >= 4 is 11.6 Å². The van der Waals surface area contributed by atoms with Gasteiger partial charge in [-0.15, -0.1) is 0 Å². The van der Waals surface area contributed by atoms with Crippen molar-refractivity contribution in [1.82, 2.24) is 9.78 Å². The number of halogens is 2. The van der Waals surface area contributed by atoms with Crippen LogP contribution in [0.1, 0.15) is 17.3 Å². The predicted molar refractivity (Wildman–Crippen MR) is 60.6 cm³/mol. The van der Waals surface area contributed by atoms with Crippen molar-refractivity contribution in [3.63, 3.8) is 0 Å². The molecule has 0 spiro atoms. The van der Waals surface area contributed by atoms with Crippen LogP contribution in [-0.2, 0) is 7.05 Å². The van der Waals surface area contributed by atoms with E-state index in [1.807, 2.05) is 0 Å². The smallest absolute Gasteiger partial charge is 0.142 e. The minimum Gasteiger partial charge on any atom is -0.319 e. The number of nitrogens with two attached hydrogens (primary N) is 1. The van der Waals surface area contributed by atoms with Crippen LogP contribution in [0.4, 0.5) is 4.39 Å². The van der Waals surface area contributed by atoms with Gasteiger partial charge in [-0.05, 0) is 23.8 Å². The molecule has 0 aliphatic rings. The van der Waals surface area contributed by atoms with Gasteiger partial charge in [0.05, 0.1) is 16.8 Å². The third-order valence-corrected chi connectivity index (χ3v) is 2.66. The SMILES string of the molecule is Cn1ccc([C@@H](N)c2ccc(Cl)c(F)c2)n1. The van der Waals surface area contributed by atoms with E-state index < -0.39 is 11.9 Å². The Bertz CT molecular complexity index is 510. The third-order valence-electron chi connectivity index (χ3n) is 2.36. The van der Waals surface area contributed by atoms with Crippen LogP contribution >= 0.6 is 11.6 Å². The minimum absolute atomic E-state index is 0.0944. The van der Waals surface area contributed by atoms with E-state index in [1.165, 1.54) is 12.1 Å². The van der Waals surface area contributed by atoms with Gasteiger partial charge in [-0.2, -0.15) is 5.10 Å². The van der Waals surface area contributed by atoms with Gasteiger partial charge in [0.15, 0.2) is 0 Å². The molecule has 2 rings (SSSR count). The maximum absolute atomic E-state index is 13.2. The van der Waals surface area contributed by atoms with Crippen LogP contribution in [-0.4, -0.2) is 9.78 Å². The zero-order chi connectivity index (χ0) is 11.7. The maximum atomic E-state index is 13.2. The molecule has 0 saturated carbocycles. The summed E-state index contributed by atoms with van der Waals surface area (Å²) in [6, 6.07) is 5.89. The summed E-state index contributed by atoms with van der Waals surface area (Å²) < 4.78 is 14.9. The summed E-state index contributed by atoms with van der Waals surface area (Å²) in [6.07, 6.45) is 1.79. The summed E-state index contributed by atoms with van der Waals surface area (Å²) in [6.45, 7) is 0. The highest BCUT2D eigenvalue weighted by Gasteiger charge is 2.13. The Morgan fingerprint density at radius 3 is 2.75 bits per heavy atom. The largest absolute Gasteiger partial charge is 0.319 e. The van der Waals surface area contributed by atoms with Crippen molar-refractivity contribution in [2.45, 2.75) is 6.04 Å². The van der Waals surface area contributed by atoms with Crippen LogP contribution in [0, 0.1) is 5.82 Å². The van der Waals surface area contributed by atoms with E-state index in [2.05, 4.69) is 5.10 Å². The van der Waals surface area contributed by atoms with Crippen molar-refractivity contribution in [3.8, 4) is 0 Å². The molecule has 0 aliphatic heterocycles. The summed E-state index contributed by atoms with van der Waals surface area (Å²) in [4.78, 5) is 0. The fraction of sp³-hybridized carbons (Fsp3) is 0.182. The van der Waals surface area contributed by atoms with Crippen LogP contribution in [0.5, 0.6) is 0 Å². The first-order chi connectivity index (χ1) is 7.58. The molecule has 0 saturated heterocycles.